The Morgan fingerprint density at radius 2 is 2.10 bits per heavy atom. The number of benzene rings is 1. The van der Waals surface area contributed by atoms with Crippen molar-refractivity contribution in [2.75, 3.05) is 5.32 Å². The van der Waals surface area contributed by atoms with Crippen molar-refractivity contribution in [3.8, 4) is 13.1 Å². The molecule has 2 rings (SSSR count). The Morgan fingerprint density at radius 1 is 1.45 bits per heavy atom. The molecule has 20 heavy (non-hydrogen) atoms. The predicted molar refractivity (Wildman–Crippen MR) is 79.0 cm³/mol. The van der Waals surface area contributed by atoms with Gasteiger partial charge in [-0.25, -0.2) is 15.5 Å². The van der Waals surface area contributed by atoms with Crippen LogP contribution in [0, 0.1) is 23.7 Å². The third-order valence-corrected chi connectivity index (χ3v) is 2.85. The van der Waals surface area contributed by atoms with Crippen molar-refractivity contribution in [3.05, 3.63) is 23.8 Å². The number of amides is 1. The van der Waals surface area contributed by atoms with E-state index in [0.717, 1.165) is 15.8 Å². The highest BCUT2D eigenvalue weighted by Gasteiger charge is 2.04. The molecule has 0 radical (unpaired) electrons. The van der Waals surface area contributed by atoms with Crippen LogP contribution in [0.3, 0.4) is 0 Å². The largest absolute Gasteiger partial charge is 0.323 e. The van der Waals surface area contributed by atoms with Crippen molar-refractivity contribution in [2.45, 2.75) is 6.92 Å². The monoisotopic (exact) mass is 288 g/mol. The summed E-state index contributed by atoms with van der Waals surface area (Å²) >= 11 is 1.42. The number of nitrogens with two attached hydrogens (primary N) is 1. The first-order valence-electron chi connectivity index (χ1n) is 5.12. The molecule has 0 saturated heterocycles. The van der Waals surface area contributed by atoms with Gasteiger partial charge in [0.1, 0.15) is 0 Å². The van der Waals surface area contributed by atoms with Crippen LogP contribution in [0.5, 0.6) is 0 Å². The molecule has 1 heterocycles. The van der Waals surface area contributed by atoms with Gasteiger partial charge >= 0.3 is 0 Å². The van der Waals surface area contributed by atoms with Gasteiger partial charge in [-0.1, -0.05) is 17.4 Å². The van der Waals surface area contributed by atoms with Crippen molar-refractivity contribution in [2.24, 2.45) is 10.9 Å². The maximum absolute atomic E-state index is 10.9. The standard InChI is InChI=1S/C10H10N4OS.2CHN/c1-6(15)13-10-14-8-3-2-7(5-12-11)4-9(8)16-10;2*1-2/h2-5H,11H2,1H3,(H,13,14,15);2*1H. The van der Waals surface area contributed by atoms with Crippen LogP contribution in [0.2, 0.25) is 0 Å². The van der Waals surface area contributed by atoms with E-state index in [0.29, 0.717) is 5.13 Å². The molecule has 0 aliphatic rings. The number of carbonyl (C=O) groups excluding carboxylic acids is 1. The Labute approximate surface area is 120 Å². The molecule has 1 aromatic heterocycles. The van der Waals surface area contributed by atoms with E-state index in [1.165, 1.54) is 18.3 Å². The van der Waals surface area contributed by atoms with Crippen LogP contribution >= 0.6 is 11.3 Å². The highest BCUT2D eigenvalue weighted by molar-refractivity contribution is 7.22. The number of fused-ring (bicyclic) bond motifs is 1. The van der Waals surface area contributed by atoms with Crippen molar-refractivity contribution >= 4 is 38.8 Å². The lowest BCUT2D eigenvalue weighted by molar-refractivity contribution is -0.114. The van der Waals surface area contributed by atoms with Crippen LogP contribution in [0.25, 0.3) is 10.2 Å². The van der Waals surface area contributed by atoms with E-state index in [4.69, 9.17) is 16.4 Å². The zero-order valence-corrected chi connectivity index (χ0v) is 11.5. The second kappa shape index (κ2) is 9.03. The number of rotatable bonds is 2. The molecule has 0 aliphatic carbocycles. The predicted octanol–water partition coefficient (Wildman–Crippen LogP) is 1.83. The summed E-state index contributed by atoms with van der Waals surface area (Å²) in [6, 6.07) is 5.67. The van der Waals surface area contributed by atoms with Crippen LogP contribution < -0.4 is 11.2 Å². The number of carbonyl (C=O) groups is 1. The summed E-state index contributed by atoms with van der Waals surface area (Å²) in [6.45, 7) is 8.46. The van der Waals surface area contributed by atoms with Crippen molar-refractivity contribution in [1.82, 2.24) is 4.98 Å². The average Bonchev–Trinajstić information content (AvgIpc) is 2.84. The summed E-state index contributed by atoms with van der Waals surface area (Å²) in [4.78, 5) is 15.1. The molecule has 0 fully saturated rings. The smallest absolute Gasteiger partial charge is 0.223 e. The number of hydrogen-bond donors (Lipinski definition) is 2. The number of nitrogens with zero attached hydrogens (tertiary/aromatic N) is 4. The maximum Gasteiger partial charge on any atom is 0.223 e. The first-order chi connectivity index (χ1) is 9.69. The van der Waals surface area contributed by atoms with Crippen LogP contribution in [0.15, 0.2) is 23.3 Å². The van der Waals surface area contributed by atoms with Crippen LogP contribution in [-0.4, -0.2) is 17.1 Å². The molecule has 8 heteroatoms. The first-order valence-corrected chi connectivity index (χ1v) is 5.94. The molecule has 7 nitrogen and oxygen atoms in total. The number of anilines is 1. The van der Waals surface area contributed by atoms with Gasteiger partial charge in [0.25, 0.3) is 0 Å². The quantitative estimate of drug-likeness (QED) is 0.495. The van der Waals surface area contributed by atoms with Gasteiger partial charge in [-0.3, -0.25) is 4.79 Å². The van der Waals surface area contributed by atoms with Crippen LogP contribution in [0.4, 0.5) is 5.13 Å². The summed E-state index contributed by atoms with van der Waals surface area (Å²) in [5.74, 6) is 4.95. The summed E-state index contributed by atoms with van der Waals surface area (Å²) in [7, 11) is 0. The molecule has 0 aliphatic heterocycles. The molecule has 2 aromatic rings. The summed E-state index contributed by atoms with van der Waals surface area (Å²) in [5, 5.41) is 19.7. The molecule has 0 bridgehead atoms. The fourth-order valence-electron chi connectivity index (χ4n) is 1.31. The number of hydrogen-bond acceptors (Lipinski definition) is 7. The second-order valence-corrected chi connectivity index (χ2v) is 4.24. The molecule has 1 amide bonds. The van der Waals surface area contributed by atoms with Crippen molar-refractivity contribution < 1.29 is 4.79 Å². The van der Waals surface area contributed by atoms with Gasteiger partial charge < -0.3 is 11.2 Å². The Hall–Kier alpha value is -2.97. The van der Waals surface area contributed by atoms with Gasteiger partial charge in [0, 0.05) is 20.1 Å². The van der Waals surface area contributed by atoms with E-state index >= 15 is 0 Å². The van der Waals surface area contributed by atoms with Gasteiger partial charge in [0.2, 0.25) is 5.91 Å². The molecule has 0 atom stereocenters. The number of hydrazone groups is 1. The molecule has 0 unspecified atom stereocenters. The van der Waals surface area contributed by atoms with Crippen molar-refractivity contribution in [3.63, 3.8) is 0 Å². The fourth-order valence-corrected chi connectivity index (χ4v) is 2.27. The molecule has 0 spiro atoms. The van der Waals surface area contributed by atoms with E-state index in [9.17, 15) is 4.79 Å². The van der Waals surface area contributed by atoms with E-state index in [1.807, 2.05) is 18.2 Å². The minimum Gasteiger partial charge on any atom is -0.323 e. The molecule has 0 saturated carbocycles. The summed E-state index contributed by atoms with van der Waals surface area (Å²) < 4.78 is 0.987. The van der Waals surface area contributed by atoms with E-state index in [2.05, 4.69) is 28.5 Å². The Balaban J connectivity index is 0.000000829. The van der Waals surface area contributed by atoms with E-state index in [1.54, 1.807) is 6.21 Å². The maximum atomic E-state index is 10.9. The Kier molecular flexibility index (Phi) is 7.69. The number of nitrogens with one attached hydrogen (secondary N) is 1. The molecule has 3 N–H and O–H groups in total. The lowest BCUT2D eigenvalue weighted by Crippen LogP contribution is -2.04. The summed E-state index contributed by atoms with van der Waals surface area (Å²) in [6.07, 6.45) is 1.57. The highest BCUT2D eigenvalue weighted by Crippen LogP contribution is 2.26. The zero-order valence-electron chi connectivity index (χ0n) is 10.6. The van der Waals surface area contributed by atoms with Gasteiger partial charge in [0.05, 0.1) is 16.4 Å². The van der Waals surface area contributed by atoms with E-state index in [-0.39, 0.29) is 5.91 Å². The molecule has 102 valence electrons. The number of aromatic nitrogens is 1. The topological polar surface area (TPSA) is 128 Å². The second-order valence-electron chi connectivity index (χ2n) is 3.21. The molecular formula is C12H12N6OS. The van der Waals surface area contributed by atoms with Crippen molar-refractivity contribution in [1.29, 1.82) is 10.5 Å². The lowest BCUT2D eigenvalue weighted by atomic mass is 10.2. The Morgan fingerprint density at radius 3 is 2.65 bits per heavy atom. The summed E-state index contributed by atoms with van der Waals surface area (Å²) in [5.41, 5.74) is 1.76. The SMILES string of the molecule is C#N.C#N.CC(=O)Nc1nc2ccc(C=NN)cc2s1. The number of nitriles is 2. The van der Waals surface area contributed by atoms with Gasteiger partial charge in [-0.2, -0.15) is 5.10 Å². The van der Waals surface area contributed by atoms with Gasteiger partial charge in [-0.15, -0.1) is 0 Å². The Bertz CT molecular complexity index is 637. The first kappa shape index (κ1) is 17.0. The number of thiazole rings is 1. The normalized spacial score (nSPS) is 9.05. The minimum absolute atomic E-state index is 0.122. The zero-order chi connectivity index (χ0) is 15.5. The van der Waals surface area contributed by atoms with Crippen LogP contribution in [0.1, 0.15) is 12.5 Å². The highest BCUT2D eigenvalue weighted by atomic mass is 32.1. The molecular weight excluding hydrogens is 276 g/mol. The van der Waals surface area contributed by atoms with E-state index < -0.39 is 0 Å². The average molecular weight is 288 g/mol. The third kappa shape index (κ3) is 4.72. The van der Waals surface area contributed by atoms with Crippen LogP contribution in [-0.2, 0) is 4.79 Å². The third-order valence-electron chi connectivity index (χ3n) is 1.92. The lowest BCUT2D eigenvalue weighted by Gasteiger charge is -1.91. The minimum atomic E-state index is -0.122. The van der Waals surface area contributed by atoms with Gasteiger partial charge in [0.15, 0.2) is 5.13 Å². The molecule has 1 aromatic carbocycles. The fraction of sp³-hybridized carbons (Fsp3) is 0.0833. The van der Waals surface area contributed by atoms with Gasteiger partial charge in [-0.05, 0) is 17.7 Å².